The third-order valence-electron chi connectivity index (χ3n) is 5.39. The largest absolute Gasteiger partial charge is 0.378 e. The van der Waals surface area contributed by atoms with E-state index in [1.807, 2.05) is 6.07 Å². The average molecular weight is 378 g/mol. The topological polar surface area (TPSA) is 113 Å². The molecule has 4 N–H and O–H groups in total. The van der Waals surface area contributed by atoms with Crippen molar-refractivity contribution in [2.24, 2.45) is 22.1 Å². The van der Waals surface area contributed by atoms with E-state index in [1.54, 1.807) is 0 Å². The van der Waals surface area contributed by atoms with E-state index in [1.165, 1.54) is 12.8 Å². The fourth-order valence-corrected chi connectivity index (χ4v) is 4.60. The summed E-state index contributed by atoms with van der Waals surface area (Å²) in [5.41, 5.74) is 6.95. The summed E-state index contributed by atoms with van der Waals surface area (Å²) < 4.78 is 0. The van der Waals surface area contributed by atoms with E-state index in [4.69, 9.17) is 5.73 Å². The molecule has 1 fully saturated rings. The normalized spacial score (nSPS) is 26.7. The number of carbonyl (C=O) groups excluding carboxylic acids is 2. The number of hydrogen-bond acceptors (Lipinski definition) is 5. The summed E-state index contributed by atoms with van der Waals surface area (Å²) in [6, 6.07) is 1.91. The second-order valence-corrected chi connectivity index (χ2v) is 9.49. The zero-order valence-electron chi connectivity index (χ0n) is 15.5. The van der Waals surface area contributed by atoms with Crippen LogP contribution in [0.3, 0.4) is 0 Å². The number of rotatable bonds is 4. The molecule has 2 heterocycles. The Labute approximate surface area is 158 Å². The molecule has 0 saturated heterocycles. The first-order valence-corrected chi connectivity index (χ1v) is 10.00. The van der Waals surface area contributed by atoms with Crippen LogP contribution in [-0.2, 0) is 9.59 Å². The van der Waals surface area contributed by atoms with Crippen LogP contribution in [0.25, 0.3) is 0 Å². The molecule has 8 heteroatoms. The van der Waals surface area contributed by atoms with E-state index in [9.17, 15) is 9.59 Å². The van der Waals surface area contributed by atoms with E-state index >= 15 is 0 Å². The van der Waals surface area contributed by atoms with Crippen LogP contribution in [-0.4, -0.2) is 32.4 Å². The number of nitrogens with two attached hydrogens (primary N) is 1. The number of thioether (sulfide) groups is 1. The maximum atomic E-state index is 12.1. The van der Waals surface area contributed by atoms with Crippen LogP contribution in [0.2, 0.25) is 0 Å². The number of aliphatic imine (C=N–C) groups is 1. The lowest BCUT2D eigenvalue weighted by atomic mass is 9.69. The first-order chi connectivity index (χ1) is 12.2. The third kappa shape index (κ3) is 4.47. The number of H-pyrrole nitrogens is 1. The Balaban J connectivity index is 1.51. The van der Waals surface area contributed by atoms with Gasteiger partial charge in [0.25, 0.3) is 5.91 Å². The highest BCUT2D eigenvalue weighted by Gasteiger charge is 2.31. The molecule has 1 atom stereocenters. The molecular formula is C18H27N5O2S. The van der Waals surface area contributed by atoms with E-state index in [-0.39, 0.29) is 23.4 Å². The molecule has 1 saturated carbocycles. The summed E-state index contributed by atoms with van der Waals surface area (Å²) in [4.78, 5) is 27.4. The third-order valence-corrected chi connectivity index (χ3v) is 6.37. The number of nitrogens with zero attached hydrogens (tertiary/aromatic N) is 2. The van der Waals surface area contributed by atoms with E-state index in [2.05, 4.69) is 41.3 Å². The van der Waals surface area contributed by atoms with Gasteiger partial charge in [0.2, 0.25) is 5.91 Å². The van der Waals surface area contributed by atoms with Crippen molar-refractivity contribution in [1.82, 2.24) is 10.2 Å². The van der Waals surface area contributed by atoms with Crippen molar-refractivity contribution in [3.63, 3.8) is 0 Å². The number of anilines is 1. The lowest BCUT2D eigenvalue weighted by Crippen LogP contribution is -2.25. The van der Waals surface area contributed by atoms with Gasteiger partial charge in [0.05, 0.1) is 0 Å². The highest BCUT2D eigenvalue weighted by Crippen LogP contribution is 2.43. The fraction of sp³-hybridized carbons (Fsp3) is 0.667. The smallest absolute Gasteiger partial charge is 0.262 e. The van der Waals surface area contributed by atoms with Crippen molar-refractivity contribution in [1.29, 1.82) is 0 Å². The lowest BCUT2D eigenvalue weighted by Gasteiger charge is -2.36. The molecule has 1 aliphatic heterocycles. The van der Waals surface area contributed by atoms with Gasteiger partial charge >= 0.3 is 0 Å². The second-order valence-electron chi connectivity index (χ2n) is 8.27. The number of amides is 2. The minimum atomic E-state index is -0.527. The Bertz CT molecular complexity index is 713. The van der Waals surface area contributed by atoms with E-state index < -0.39 is 5.25 Å². The molecule has 1 aliphatic carbocycles. The first kappa shape index (κ1) is 18.9. The Morgan fingerprint density at radius 1 is 1.35 bits per heavy atom. The maximum absolute atomic E-state index is 12.1. The molecule has 0 aromatic carbocycles. The molecule has 2 amide bonds. The van der Waals surface area contributed by atoms with Crippen LogP contribution >= 0.6 is 11.8 Å². The Kier molecular flexibility index (Phi) is 5.41. The Hall–Kier alpha value is -1.83. The van der Waals surface area contributed by atoms with Gasteiger partial charge in [-0.3, -0.25) is 14.7 Å². The van der Waals surface area contributed by atoms with Gasteiger partial charge in [-0.15, -0.1) is 0 Å². The number of hydrogen-bond donors (Lipinski definition) is 3. The average Bonchev–Trinajstić information content (AvgIpc) is 3.13. The van der Waals surface area contributed by atoms with Crippen molar-refractivity contribution in [3.05, 3.63) is 11.8 Å². The van der Waals surface area contributed by atoms with Crippen molar-refractivity contribution < 1.29 is 9.59 Å². The van der Waals surface area contributed by atoms with Gasteiger partial charge in [0.15, 0.2) is 11.0 Å². The van der Waals surface area contributed by atoms with Crippen molar-refractivity contribution in [3.8, 4) is 0 Å². The first-order valence-electron chi connectivity index (χ1n) is 9.12. The molecule has 2 aliphatic rings. The van der Waals surface area contributed by atoms with Gasteiger partial charge in [-0.2, -0.15) is 10.1 Å². The molecule has 0 spiro atoms. The lowest BCUT2D eigenvalue weighted by molar-refractivity contribution is -0.121. The summed E-state index contributed by atoms with van der Waals surface area (Å²) in [7, 11) is 0. The van der Waals surface area contributed by atoms with Gasteiger partial charge in [-0.05, 0) is 37.0 Å². The molecule has 0 bridgehead atoms. The predicted octanol–water partition coefficient (Wildman–Crippen LogP) is 3.01. The Morgan fingerprint density at radius 2 is 2.04 bits per heavy atom. The van der Waals surface area contributed by atoms with Crippen LogP contribution in [0.4, 0.5) is 5.82 Å². The Morgan fingerprint density at radius 3 is 2.62 bits per heavy atom. The summed E-state index contributed by atoms with van der Waals surface area (Å²) >= 11 is 1.13. The molecule has 1 aromatic heterocycles. The zero-order valence-corrected chi connectivity index (χ0v) is 16.4. The van der Waals surface area contributed by atoms with Gasteiger partial charge in [-0.25, -0.2) is 0 Å². The SMILES string of the molecule is CC(C)(C)C1CCC(c2cc(NC(=O)C[C@H]3SC(N)=NC3=O)n[nH]2)CC1. The molecule has 1 aromatic rings. The molecule has 0 radical (unpaired) electrons. The number of aromatic amines is 1. The van der Waals surface area contributed by atoms with Gasteiger partial charge < -0.3 is 11.1 Å². The van der Waals surface area contributed by atoms with Crippen LogP contribution in [0.5, 0.6) is 0 Å². The molecule has 3 rings (SSSR count). The number of aromatic nitrogens is 2. The monoisotopic (exact) mass is 377 g/mol. The number of nitrogens with one attached hydrogen (secondary N) is 2. The fourth-order valence-electron chi connectivity index (χ4n) is 3.77. The minimum Gasteiger partial charge on any atom is -0.378 e. The minimum absolute atomic E-state index is 0.0482. The molecule has 142 valence electrons. The summed E-state index contributed by atoms with van der Waals surface area (Å²) in [6.45, 7) is 6.94. The van der Waals surface area contributed by atoms with Crippen LogP contribution < -0.4 is 11.1 Å². The van der Waals surface area contributed by atoms with Crippen LogP contribution in [0, 0.1) is 11.3 Å². The van der Waals surface area contributed by atoms with Gasteiger partial charge in [0, 0.05) is 24.1 Å². The van der Waals surface area contributed by atoms with Crippen molar-refractivity contribution in [2.45, 2.75) is 64.0 Å². The van der Waals surface area contributed by atoms with Crippen LogP contribution in [0.15, 0.2) is 11.1 Å². The standard InChI is InChI=1S/C18H27N5O2S/c1-18(2,3)11-6-4-10(5-7-11)12-8-14(23-22-12)20-15(24)9-13-16(25)21-17(19)26-13/h8,10-11,13H,4-7,9H2,1-3H3,(H2,19,21,25)(H2,20,22,23,24)/t10?,11?,13-/m1/s1. The zero-order chi connectivity index (χ0) is 18.9. The van der Waals surface area contributed by atoms with E-state index in [0.717, 1.165) is 36.2 Å². The van der Waals surface area contributed by atoms with E-state index in [0.29, 0.717) is 17.2 Å². The molecule has 26 heavy (non-hydrogen) atoms. The second kappa shape index (κ2) is 7.42. The maximum Gasteiger partial charge on any atom is 0.262 e. The number of carbonyl (C=O) groups is 2. The van der Waals surface area contributed by atoms with Crippen molar-refractivity contribution in [2.75, 3.05) is 5.32 Å². The van der Waals surface area contributed by atoms with Gasteiger partial charge in [0.1, 0.15) is 5.25 Å². The van der Waals surface area contributed by atoms with Gasteiger partial charge in [-0.1, -0.05) is 32.5 Å². The molecule has 0 unspecified atom stereocenters. The number of amidine groups is 1. The summed E-state index contributed by atoms with van der Waals surface area (Å²) in [6.07, 6.45) is 4.77. The van der Waals surface area contributed by atoms with Crippen LogP contribution in [0.1, 0.15) is 64.5 Å². The quantitative estimate of drug-likeness (QED) is 0.746. The summed E-state index contributed by atoms with van der Waals surface area (Å²) in [5.74, 6) is 1.13. The highest BCUT2D eigenvalue weighted by atomic mass is 32.2. The summed E-state index contributed by atoms with van der Waals surface area (Å²) in [5, 5.41) is 9.72. The molecular weight excluding hydrogens is 350 g/mol. The van der Waals surface area contributed by atoms with Crippen molar-refractivity contribution >= 4 is 34.6 Å². The highest BCUT2D eigenvalue weighted by molar-refractivity contribution is 8.15. The molecule has 7 nitrogen and oxygen atoms in total. The predicted molar refractivity (Wildman–Crippen MR) is 104 cm³/mol.